The summed E-state index contributed by atoms with van der Waals surface area (Å²) in [5.41, 5.74) is 4.37. The zero-order chi connectivity index (χ0) is 18.7. The molecule has 0 N–H and O–H groups in total. The van der Waals surface area contributed by atoms with E-state index in [1.165, 1.54) is 24.2 Å². The van der Waals surface area contributed by atoms with Crippen molar-refractivity contribution in [3.05, 3.63) is 64.7 Å². The Morgan fingerprint density at radius 1 is 1.23 bits per heavy atom. The molecule has 130 valence electrons. The van der Waals surface area contributed by atoms with Crippen LogP contribution in [0.15, 0.2) is 46.0 Å². The van der Waals surface area contributed by atoms with Crippen LogP contribution < -0.4 is 0 Å². The Labute approximate surface area is 156 Å². The van der Waals surface area contributed by atoms with Crippen LogP contribution in [0.5, 0.6) is 0 Å². The standard InChI is InChI=1S/C20H17N3O2S/c1-12-4-6-15(7-5-12)19-23-17(10-25-19)11-26-20-16(9-21)8-18(14(3)24)13(2)22-20/h4-8,10H,11H2,1-3H3. The summed E-state index contributed by atoms with van der Waals surface area (Å²) < 4.78 is 5.56. The van der Waals surface area contributed by atoms with Gasteiger partial charge in [0.1, 0.15) is 17.4 Å². The van der Waals surface area contributed by atoms with Crippen molar-refractivity contribution >= 4 is 17.5 Å². The van der Waals surface area contributed by atoms with Gasteiger partial charge in [0.25, 0.3) is 0 Å². The number of nitrogens with zero attached hydrogens (tertiary/aromatic N) is 3. The lowest BCUT2D eigenvalue weighted by atomic mass is 10.1. The Morgan fingerprint density at radius 3 is 2.62 bits per heavy atom. The quantitative estimate of drug-likeness (QED) is 0.482. The molecular formula is C20H17N3O2S. The van der Waals surface area contributed by atoms with Crippen molar-refractivity contribution in [1.29, 1.82) is 5.26 Å². The first-order chi connectivity index (χ1) is 12.5. The SMILES string of the molecule is CC(=O)c1cc(C#N)c(SCc2coc(-c3ccc(C)cc3)n2)nc1C. The monoisotopic (exact) mass is 363 g/mol. The number of Topliss-reactive ketones (excluding diaryl/α,β-unsaturated/α-hetero) is 1. The van der Waals surface area contributed by atoms with Crippen LogP contribution in [0.1, 0.15) is 39.8 Å². The highest BCUT2D eigenvalue weighted by molar-refractivity contribution is 7.98. The van der Waals surface area contributed by atoms with E-state index in [1.807, 2.05) is 31.2 Å². The van der Waals surface area contributed by atoms with Crippen LogP contribution in [0.3, 0.4) is 0 Å². The number of aromatic nitrogens is 2. The van der Waals surface area contributed by atoms with E-state index in [4.69, 9.17) is 4.42 Å². The van der Waals surface area contributed by atoms with Gasteiger partial charge < -0.3 is 4.42 Å². The van der Waals surface area contributed by atoms with Gasteiger partial charge in [0, 0.05) is 22.6 Å². The molecule has 0 aliphatic heterocycles. The van der Waals surface area contributed by atoms with Gasteiger partial charge in [0.2, 0.25) is 5.89 Å². The first kappa shape index (κ1) is 17.9. The summed E-state index contributed by atoms with van der Waals surface area (Å²) in [6, 6.07) is 11.7. The topological polar surface area (TPSA) is 79.8 Å². The van der Waals surface area contributed by atoms with Crippen LogP contribution in [-0.2, 0) is 5.75 Å². The number of rotatable bonds is 5. The number of hydrogen-bond donors (Lipinski definition) is 0. The van der Waals surface area contributed by atoms with E-state index < -0.39 is 0 Å². The lowest BCUT2D eigenvalue weighted by Gasteiger charge is -2.06. The van der Waals surface area contributed by atoms with Gasteiger partial charge in [-0.3, -0.25) is 4.79 Å². The van der Waals surface area contributed by atoms with Crippen LogP contribution in [0, 0.1) is 25.2 Å². The number of carbonyl (C=O) groups excluding carboxylic acids is 1. The van der Waals surface area contributed by atoms with E-state index in [-0.39, 0.29) is 5.78 Å². The molecule has 6 heteroatoms. The van der Waals surface area contributed by atoms with Crippen molar-refractivity contribution in [2.45, 2.75) is 31.6 Å². The van der Waals surface area contributed by atoms with Crippen molar-refractivity contribution in [3.63, 3.8) is 0 Å². The minimum absolute atomic E-state index is 0.0951. The van der Waals surface area contributed by atoms with E-state index >= 15 is 0 Å². The first-order valence-corrected chi connectivity index (χ1v) is 9.03. The predicted molar refractivity (Wildman–Crippen MR) is 99.9 cm³/mol. The second-order valence-corrected chi connectivity index (χ2v) is 6.90. The molecular weight excluding hydrogens is 346 g/mol. The molecule has 0 spiro atoms. The van der Waals surface area contributed by atoms with Gasteiger partial charge in [0.05, 0.1) is 11.3 Å². The zero-order valence-corrected chi connectivity index (χ0v) is 15.6. The van der Waals surface area contributed by atoms with Gasteiger partial charge >= 0.3 is 0 Å². The van der Waals surface area contributed by atoms with Crippen molar-refractivity contribution in [2.75, 3.05) is 0 Å². The Balaban J connectivity index is 1.78. The Hall–Kier alpha value is -2.91. The molecule has 0 radical (unpaired) electrons. The molecule has 3 aromatic rings. The predicted octanol–water partition coefficient (Wildman–Crippen LogP) is 4.72. The number of carbonyl (C=O) groups is 1. The number of hydrogen-bond acceptors (Lipinski definition) is 6. The maximum atomic E-state index is 11.6. The zero-order valence-electron chi connectivity index (χ0n) is 14.7. The van der Waals surface area contributed by atoms with Crippen LogP contribution in [0.2, 0.25) is 0 Å². The van der Waals surface area contributed by atoms with E-state index in [0.29, 0.717) is 33.5 Å². The molecule has 0 unspecified atom stereocenters. The van der Waals surface area contributed by atoms with Crippen LogP contribution >= 0.6 is 11.8 Å². The number of benzene rings is 1. The summed E-state index contributed by atoms with van der Waals surface area (Å²) in [5, 5.41) is 9.93. The van der Waals surface area contributed by atoms with E-state index in [2.05, 4.69) is 16.0 Å². The Morgan fingerprint density at radius 2 is 1.96 bits per heavy atom. The molecule has 5 nitrogen and oxygen atoms in total. The first-order valence-electron chi connectivity index (χ1n) is 8.05. The van der Waals surface area contributed by atoms with Crippen LogP contribution in [-0.4, -0.2) is 15.8 Å². The second-order valence-electron chi connectivity index (χ2n) is 5.94. The number of pyridine rings is 1. The van der Waals surface area contributed by atoms with Crippen LogP contribution in [0.4, 0.5) is 0 Å². The third-order valence-electron chi connectivity index (χ3n) is 3.88. The maximum absolute atomic E-state index is 11.6. The third-order valence-corrected chi connectivity index (χ3v) is 4.91. The number of aryl methyl sites for hydroxylation is 2. The van der Waals surface area contributed by atoms with Gasteiger partial charge in [-0.05, 0) is 39.0 Å². The van der Waals surface area contributed by atoms with E-state index in [1.54, 1.807) is 19.3 Å². The van der Waals surface area contributed by atoms with Gasteiger partial charge in [0.15, 0.2) is 5.78 Å². The molecule has 1 aromatic carbocycles. The van der Waals surface area contributed by atoms with Crippen molar-refractivity contribution in [2.24, 2.45) is 0 Å². The van der Waals surface area contributed by atoms with Gasteiger partial charge in [-0.25, -0.2) is 9.97 Å². The lowest BCUT2D eigenvalue weighted by molar-refractivity contribution is 0.101. The van der Waals surface area contributed by atoms with Crippen LogP contribution in [0.25, 0.3) is 11.5 Å². The smallest absolute Gasteiger partial charge is 0.226 e. The highest BCUT2D eigenvalue weighted by Gasteiger charge is 2.14. The third kappa shape index (κ3) is 3.84. The van der Waals surface area contributed by atoms with Crippen molar-refractivity contribution < 1.29 is 9.21 Å². The summed E-state index contributed by atoms with van der Waals surface area (Å²) >= 11 is 1.40. The largest absolute Gasteiger partial charge is 0.444 e. The Kier molecular flexibility index (Phi) is 5.19. The fourth-order valence-electron chi connectivity index (χ4n) is 2.47. The number of thioether (sulfide) groups is 1. The number of nitriles is 1. The molecule has 2 aromatic heterocycles. The molecule has 0 amide bonds. The van der Waals surface area contributed by atoms with Crippen molar-refractivity contribution in [1.82, 2.24) is 9.97 Å². The molecule has 0 aliphatic carbocycles. The van der Waals surface area contributed by atoms with Crippen molar-refractivity contribution in [3.8, 4) is 17.5 Å². The molecule has 0 saturated carbocycles. The number of ketones is 1. The summed E-state index contributed by atoms with van der Waals surface area (Å²) in [5.74, 6) is 0.995. The fraction of sp³-hybridized carbons (Fsp3) is 0.200. The molecule has 0 atom stereocenters. The summed E-state index contributed by atoms with van der Waals surface area (Å²) in [7, 11) is 0. The molecule has 0 bridgehead atoms. The van der Waals surface area contributed by atoms with E-state index in [0.717, 1.165) is 11.3 Å². The average Bonchev–Trinajstić information content (AvgIpc) is 3.09. The summed E-state index contributed by atoms with van der Waals surface area (Å²) in [6.07, 6.45) is 1.62. The minimum atomic E-state index is -0.0951. The highest BCUT2D eigenvalue weighted by Crippen LogP contribution is 2.27. The molecule has 3 rings (SSSR count). The van der Waals surface area contributed by atoms with Gasteiger partial charge in [-0.15, -0.1) is 0 Å². The summed E-state index contributed by atoms with van der Waals surface area (Å²) in [6.45, 7) is 5.27. The van der Waals surface area contributed by atoms with Gasteiger partial charge in [-0.1, -0.05) is 29.5 Å². The average molecular weight is 363 g/mol. The minimum Gasteiger partial charge on any atom is -0.444 e. The fourth-order valence-corrected chi connectivity index (χ4v) is 3.35. The second kappa shape index (κ2) is 7.54. The Bertz CT molecular complexity index is 1000. The van der Waals surface area contributed by atoms with E-state index in [9.17, 15) is 10.1 Å². The molecule has 2 heterocycles. The molecule has 0 saturated heterocycles. The normalized spacial score (nSPS) is 10.5. The molecule has 0 aliphatic rings. The molecule has 0 fully saturated rings. The van der Waals surface area contributed by atoms with Gasteiger partial charge in [-0.2, -0.15) is 5.26 Å². The lowest BCUT2D eigenvalue weighted by Crippen LogP contribution is -2.02. The highest BCUT2D eigenvalue weighted by atomic mass is 32.2. The molecule has 26 heavy (non-hydrogen) atoms. The number of oxazole rings is 1. The maximum Gasteiger partial charge on any atom is 0.226 e. The summed E-state index contributed by atoms with van der Waals surface area (Å²) in [4.78, 5) is 20.5.